The van der Waals surface area contributed by atoms with E-state index >= 15 is 0 Å². The highest BCUT2D eigenvalue weighted by Gasteiger charge is 2.10. The van der Waals surface area contributed by atoms with Gasteiger partial charge in [0.15, 0.2) is 0 Å². The van der Waals surface area contributed by atoms with Gasteiger partial charge in [0.2, 0.25) is 11.9 Å². The van der Waals surface area contributed by atoms with Crippen LogP contribution in [0.4, 0.5) is 11.9 Å². The van der Waals surface area contributed by atoms with E-state index in [4.69, 9.17) is 5.73 Å². The van der Waals surface area contributed by atoms with Crippen LogP contribution >= 0.6 is 11.8 Å². The summed E-state index contributed by atoms with van der Waals surface area (Å²) >= 11 is 2.00. The fourth-order valence-electron chi connectivity index (χ4n) is 2.02. The van der Waals surface area contributed by atoms with Gasteiger partial charge in [-0.1, -0.05) is 0 Å². The lowest BCUT2D eigenvalue weighted by molar-refractivity contribution is 0.314. The first-order valence-electron chi connectivity index (χ1n) is 6.72. The van der Waals surface area contributed by atoms with Crippen LogP contribution < -0.4 is 11.1 Å². The molecule has 0 bridgehead atoms. The highest BCUT2D eigenvalue weighted by molar-refractivity contribution is 7.99. The molecular formula is C11H17N9S. The molecule has 3 N–H and O–H groups in total. The summed E-state index contributed by atoms with van der Waals surface area (Å²) in [5, 5.41) is 7.16. The molecule has 0 aromatic carbocycles. The number of rotatable bonds is 5. The van der Waals surface area contributed by atoms with Gasteiger partial charge in [-0.25, -0.2) is 4.98 Å². The predicted molar refractivity (Wildman–Crippen MR) is 81.4 cm³/mol. The van der Waals surface area contributed by atoms with E-state index < -0.39 is 0 Å². The summed E-state index contributed by atoms with van der Waals surface area (Å²) in [4.78, 5) is 18.7. The van der Waals surface area contributed by atoms with Crippen LogP contribution in [0.2, 0.25) is 0 Å². The molecule has 3 heterocycles. The van der Waals surface area contributed by atoms with E-state index in [0.717, 1.165) is 26.2 Å². The van der Waals surface area contributed by atoms with Crippen molar-refractivity contribution in [3.63, 3.8) is 0 Å². The molecular weight excluding hydrogens is 290 g/mol. The van der Waals surface area contributed by atoms with Crippen molar-refractivity contribution in [2.24, 2.45) is 0 Å². The third kappa shape index (κ3) is 3.79. The van der Waals surface area contributed by atoms with Gasteiger partial charge in [-0.2, -0.15) is 36.5 Å². The van der Waals surface area contributed by atoms with Crippen LogP contribution in [-0.4, -0.2) is 72.3 Å². The molecule has 0 unspecified atom stereocenters. The van der Waals surface area contributed by atoms with Gasteiger partial charge >= 0.3 is 0 Å². The molecule has 21 heavy (non-hydrogen) atoms. The highest BCUT2D eigenvalue weighted by Crippen LogP contribution is 2.09. The highest BCUT2D eigenvalue weighted by atomic mass is 32.2. The molecule has 0 saturated carbocycles. The van der Waals surface area contributed by atoms with Crippen LogP contribution in [-0.2, 0) is 0 Å². The van der Waals surface area contributed by atoms with Crippen molar-refractivity contribution in [1.82, 2.24) is 34.6 Å². The van der Waals surface area contributed by atoms with E-state index in [0.29, 0.717) is 11.9 Å². The Hall–Kier alpha value is -1.94. The van der Waals surface area contributed by atoms with E-state index in [2.05, 4.69) is 35.3 Å². The van der Waals surface area contributed by atoms with Gasteiger partial charge in [-0.15, -0.1) is 0 Å². The average molecular weight is 307 g/mol. The summed E-state index contributed by atoms with van der Waals surface area (Å²) in [7, 11) is 0. The normalized spacial score (nSPS) is 16.0. The average Bonchev–Trinajstić information content (AvgIpc) is 3.02. The van der Waals surface area contributed by atoms with Crippen LogP contribution in [0.5, 0.6) is 0 Å². The Morgan fingerprint density at radius 1 is 1.24 bits per heavy atom. The van der Waals surface area contributed by atoms with Gasteiger partial charge in [-0.3, -0.25) is 4.90 Å². The maximum Gasteiger partial charge on any atom is 0.258 e. The molecule has 9 nitrogen and oxygen atoms in total. The van der Waals surface area contributed by atoms with Crippen molar-refractivity contribution < 1.29 is 0 Å². The molecule has 1 aliphatic heterocycles. The van der Waals surface area contributed by atoms with Crippen molar-refractivity contribution in [3.8, 4) is 5.95 Å². The lowest BCUT2D eigenvalue weighted by Gasteiger charge is -2.25. The zero-order chi connectivity index (χ0) is 14.5. The summed E-state index contributed by atoms with van der Waals surface area (Å²) in [5.74, 6) is 3.38. The molecule has 0 amide bonds. The van der Waals surface area contributed by atoms with Gasteiger partial charge < -0.3 is 11.1 Å². The van der Waals surface area contributed by atoms with Crippen molar-refractivity contribution in [3.05, 3.63) is 12.7 Å². The van der Waals surface area contributed by atoms with Gasteiger partial charge in [0, 0.05) is 37.7 Å². The standard InChI is InChI=1S/C11H17N9S/c12-9-16-10(14-1-2-19-3-5-21-6-4-19)18-11(17-9)20-8-13-7-15-20/h7-8H,1-6H2,(H3,12,14,16,17,18). The Labute approximate surface area is 126 Å². The molecule has 0 radical (unpaired) electrons. The molecule has 0 spiro atoms. The van der Waals surface area contributed by atoms with Crippen molar-refractivity contribution in [2.45, 2.75) is 0 Å². The Bertz CT molecular complexity index is 567. The number of nitrogens with one attached hydrogen (secondary N) is 1. The first-order chi connectivity index (χ1) is 10.3. The van der Waals surface area contributed by atoms with E-state index in [1.165, 1.54) is 28.8 Å². The minimum Gasteiger partial charge on any atom is -0.368 e. The Kier molecular flexibility index (Phi) is 4.46. The van der Waals surface area contributed by atoms with Gasteiger partial charge in [0.05, 0.1) is 0 Å². The Balaban J connectivity index is 1.60. The van der Waals surface area contributed by atoms with Crippen LogP contribution in [0.25, 0.3) is 5.95 Å². The molecule has 1 fully saturated rings. The van der Waals surface area contributed by atoms with E-state index in [9.17, 15) is 0 Å². The van der Waals surface area contributed by atoms with Crippen LogP contribution in [0.3, 0.4) is 0 Å². The molecule has 2 aromatic rings. The monoisotopic (exact) mass is 307 g/mol. The van der Waals surface area contributed by atoms with Crippen LogP contribution in [0.1, 0.15) is 0 Å². The molecule has 3 rings (SSSR count). The minimum atomic E-state index is 0.160. The van der Waals surface area contributed by atoms with E-state index in [-0.39, 0.29) is 5.95 Å². The zero-order valence-corrected chi connectivity index (χ0v) is 12.3. The number of aromatic nitrogens is 6. The lowest BCUT2D eigenvalue weighted by Crippen LogP contribution is -2.36. The molecule has 0 atom stereocenters. The number of hydrogen-bond acceptors (Lipinski definition) is 9. The maximum absolute atomic E-state index is 5.70. The predicted octanol–water partition coefficient (Wildman–Crippen LogP) is -0.505. The van der Waals surface area contributed by atoms with Crippen LogP contribution in [0.15, 0.2) is 12.7 Å². The van der Waals surface area contributed by atoms with Gasteiger partial charge in [0.25, 0.3) is 5.95 Å². The van der Waals surface area contributed by atoms with Gasteiger partial charge in [0.1, 0.15) is 12.7 Å². The van der Waals surface area contributed by atoms with E-state index in [1.54, 1.807) is 0 Å². The van der Waals surface area contributed by atoms with Gasteiger partial charge in [-0.05, 0) is 0 Å². The third-order valence-corrected chi connectivity index (χ3v) is 4.02. The number of nitrogens with two attached hydrogens (primary N) is 1. The molecule has 112 valence electrons. The van der Waals surface area contributed by atoms with Crippen LogP contribution in [0, 0.1) is 0 Å². The second kappa shape index (κ2) is 6.68. The quantitative estimate of drug-likeness (QED) is 0.754. The van der Waals surface area contributed by atoms with Crippen molar-refractivity contribution in [2.75, 3.05) is 48.7 Å². The molecule has 10 heteroatoms. The summed E-state index contributed by atoms with van der Waals surface area (Å²) in [6, 6.07) is 0. The summed E-state index contributed by atoms with van der Waals surface area (Å²) in [6.07, 6.45) is 2.94. The fourth-order valence-corrected chi connectivity index (χ4v) is 3.00. The molecule has 1 aliphatic rings. The molecule has 1 saturated heterocycles. The smallest absolute Gasteiger partial charge is 0.258 e. The second-order valence-corrected chi connectivity index (χ2v) is 5.76. The van der Waals surface area contributed by atoms with Crippen molar-refractivity contribution in [1.29, 1.82) is 0 Å². The fraction of sp³-hybridized carbons (Fsp3) is 0.545. The number of nitrogen functional groups attached to an aromatic ring is 1. The summed E-state index contributed by atoms with van der Waals surface area (Å²) in [6.45, 7) is 4.00. The second-order valence-electron chi connectivity index (χ2n) is 4.54. The number of thioether (sulfide) groups is 1. The largest absolute Gasteiger partial charge is 0.368 e. The Morgan fingerprint density at radius 2 is 2.10 bits per heavy atom. The first kappa shape index (κ1) is 14.0. The first-order valence-corrected chi connectivity index (χ1v) is 7.87. The lowest BCUT2D eigenvalue weighted by atomic mass is 10.4. The minimum absolute atomic E-state index is 0.160. The Morgan fingerprint density at radius 3 is 2.86 bits per heavy atom. The third-order valence-electron chi connectivity index (χ3n) is 3.08. The summed E-state index contributed by atoms with van der Waals surface area (Å²) < 4.78 is 1.45. The topological polar surface area (TPSA) is 111 Å². The number of nitrogens with zero attached hydrogens (tertiary/aromatic N) is 7. The number of anilines is 2. The maximum atomic E-state index is 5.70. The summed E-state index contributed by atoms with van der Waals surface area (Å²) in [5.41, 5.74) is 5.70. The zero-order valence-electron chi connectivity index (χ0n) is 11.5. The van der Waals surface area contributed by atoms with Crippen molar-refractivity contribution >= 4 is 23.7 Å². The molecule has 2 aromatic heterocycles. The van der Waals surface area contributed by atoms with E-state index in [1.807, 2.05) is 11.8 Å². The number of hydrogen-bond donors (Lipinski definition) is 2. The SMILES string of the molecule is Nc1nc(NCCN2CCSCC2)nc(-n2cncn2)n1. The molecule has 0 aliphatic carbocycles.